The van der Waals surface area contributed by atoms with Gasteiger partial charge in [-0.1, -0.05) is 54.6 Å². The van der Waals surface area contributed by atoms with Gasteiger partial charge >= 0.3 is 5.97 Å². The van der Waals surface area contributed by atoms with Crippen molar-refractivity contribution in [2.45, 2.75) is 64.6 Å². The van der Waals surface area contributed by atoms with Gasteiger partial charge < -0.3 is 10.1 Å². The summed E-state index contributed by atoms with van der Waals surface area (Å²) in [5.74, 6) is -1.30. The van der Waals surface area contributed by atoms with Gasteiger partial charge in [-0.05, 0) is 75.8 Å². The number of fused-ring (bicyclic) bond motifs is 4. The van der Waals surface area contributed by atoms with Crippen molar-refractivity contribution in [3.05, 3.63) is 77.9 Å². The normalized spacial score (nSPS) is 23.7. The van der Waals surface area contributed by atoms with Gasteiger partial charge in [-0.2, -0.15) is 0 Å². The molecule has 11 nitrogen and oxygen atoms in total. The van der Waals surface area contributed by atoms with Crippen LogP contribution in [0.2, 0.25) is 0 Å². The van der Waals surface area contributed by atoms with Gasteiger partial charge in [0.05, 0.1) is 10.9 Å². The van der Waals surface area contributed by atoms with Crippen LogP contribution in [0.5, 0.6) is 0 Å². The molecule has 3 atom stereocenters. The van der Waals surface area contributed by atoms with E-state index >= 15 is 0 Å². The molecule has 3 N–H and O–H groups in total. The van der Waals surface area contributed by atoms with Crippen LogP contribution in [0.25, 0.3) is 17.0 Å². The Kier molecular flexibility index (Phi) is 9.48. The highest BCUT2D eigenvalue weighted by Gasteiger charge is 2.35. The van der Waals surface area contributed by atoms with Crippen molar-refractivity contribution in [2.24, 2.45) is 5.41 Å². The zero-order chi connectivity index (χ0) is 32.1. The van der Waals surface area contributed by atoms with Crippen molar-refractivity contribution in [1.29, 1.82) is 0 Å². The van der Waals surface area contributed by atoms with Gasteiger partial charge in [-0.25, -0.2) is 10.4 Å². The molecule has 0 saturated carbocycles. The van der Waals surface area contributed by atoms with Crippen LogP contribution in [0, 0.1) is 5.41 Å². The lowest BCUT2D eigenvalue weighted by atomic mass is 9.92. The molecule has 2 aromatic carbocycles. The number of anilines is 1. The number of cyclic esters (lactones) is 1. The average molecular weight is 613 g/mol. The second kappa shape index (κ2) is 13.5. The second-order valence-electron chi connectivity index (χ2n) is 12.2. The molecule has 5 rings (SSSR count). The number of nitrogens with one attached hydrogen (secondary N) is 3. The van der Waals surface area contributed by atoms with E-state index in [0.717, 1.165) is 16.5 Å². The van der Waals surface area contributed by atoms with Gasteiger partial charge in [-0.3, -0.25) is 34.6 Å². The molecule has 2 aliphatic heterocycles. The summed E-state index contributed by atoms with van der Waals surface area (Å²) in [5.41, 5.74) is 7.34. The van der Waals surface area contributed by atoms with E-state index in [4.69, 9.17) is 9.72 Å². The first kappa shape index (κ1) is 31.6. The minimum atomic E-state index is -1.12. The predicted molar refractivity (Wildman–Crippen MR) is 171 cm³/mol. The van der Waals surface area contributed by atoms with Crippen LogP contribution in [0.15, 0.2) is 66.7 Å². The highest BCUT2D eigenvalue weighted by molar-refractivity contribution is 5.91. The highest BCUT2D eigenvalue weighted by atomic mass is 16.5. The first-order chi connectivity index (χ1) is 21.5. The summed E-state index contributed by atoms with van der Waals surface area (Å²) >= 11 is 0. The van der Waals surface area contributed by atoms with Crippen LogP contribution in [-0.2, 0) is 30.3 Å². The fourth-order valence-corrected chi connectivity index (χ4v) is 5.29. The van der Waals surface area contributed by atoms with Crippen LogP contribution in [-0.4, -0.2) is 65.5 Å². The zero-order valence-electron chi connectivity index (χ0n) is 26.1. The molecule has 3 heterocycles. The summed E-state index contributed by atoms with van der Waals surface area (Å²) in [4.78, 5) is 58.4. The number of hydrogen-bond donors (Lipinski definition) is 3. The molecule has 236 valence electrons. The van der Waals surface area contributed by atoms with E-state index in [1.54, 1.807) is 38.9 Å². The summed E-state index contributed by atoms with van der Waals surface area (Å²) in [6.45, 7) is 5.41. The van der Waals surface area contributed by atoms with E-state index in [1.165, 1.54) is 5.01 Å². The molecule has 0 aliphatic carbocycles. The van der Waals surface area contributed by atoms with E-state index in [1.807, 2.05) is 66.7 Å². The van der Waals surface area contributed by atoms with E-state index in [2.05, 4.69) is 16.2 Å². The second-order valence-corrected chi connectivity index (χ2v) is 12.2. The molecule has 45 heavy (non-hydrogen) atoms. The number of aryl methyl sites for hydroxylation is 1. The summed E-state index contributed by atoms with van der Waals surface area (Å²) in [6, 6.07) is 17.5. The minimum Gasteiger partial charge on any atom is -0.452 e. The van der Waals surface area contributed by atoms with Crippen LogP contribution >= 0.6 is 0 Å². The van der Waals surface area contributed by atoms with Crippen LogP contribution in [0.3, 0.4) is 0 Å². The fraction of sp³-hybridized carbons (Fsp3) is 0.382. The molecule has 1 unspecified atom stereocenters. The van der Waals surface area contributed by atoms with E-state index in [9.17, 15) is 19.2 Å². The number of aromatic nitrogens is 1. The molecule has 3 aromatic rings. The van der Waals surface area contributed by atoms with Gasteiger partial charge in [0.25, 0.3) is 17.7 Å². The van der Waals surface area contributed by atoms with Gasteiger partial charge in [-0.15, -0.1) is 0 Å². The standard InChI is InChI=1S/C34H40N6O5/c1-22-32(43)40-20-8-11-26(37-40)30(41)38-39(4)29-17-15-25-14-12-24(21-27(25)36-29)18-19-34(2,3)33(44)45-28(31(42)35-22)16-13-23-9-6-5-7-10-23/h5-7,9-10,12,14-15,17-19,21-22,26,28,37H,8,11,13,16,20H2,1-4H3,(H,35,42)(H,38,41)/b19-18+/t22-,26-,28?/m0/s1. The van der Waals surface area contributed by atoms with Crippen LogP contribution in [0.1, 0.15) is 51.2 Å². The third kappa shape index (κ3) is 7.66. The largest absolute Gasteiger partial charge is 0.452 e. The first-order valence-electron chi connectivity index (χ1n) is 15.3. The van der Waals surface area contributed by atoms with Crippen molar-refractivity contribution in [2.75, 3.05) is 18.6 Å². The monoisotopic (exact) mass is 612 g/mol. The Morgan fingerprint density at radius 2 is 1.76 bits per heavy atom. The Bertz CT molecular complexity index is 1610. The minimum absolute atomic E-state index is 0.235. The molecule has 1 fully saturated rings. The number of esters is 1. The molecule has 5 bridgehead atoms. The summed E-state index contributed by atoms with van der Waals surface area (Å²) in [5, 5.41) is 6.58. The Balaban J connectivity index is 1.47. The topological polar surface area (TPSA) is 133 Å². The number of ether oxygens (including phenoxy) is 1. The van der Waals surface area contributed by atoms with Crippen molar-refractivity contribution in [3.63, 3.8) is 0 Å². The number of carbonyl (C=O) groups excluding carboxylic acids is 4. The van der Waals surface area contributed by atoms with Crippen molar-refractivity contribution in [1.82, 2.24) is 26.2 Å². The predicted octanol–water partition coefficient (Wildman–Crippen LogP) is 3.30. The molecule has 0 spiro atoms. The van der Waals surface area contributed by atoms with Gasteiger partial charge in [0.2, 0.25) is 0 Å². The Labute approximate surface area is 262 Å². The quantitative estimate of drug-likeness (QED) is 0.384. The number of pyridine rings is 1. The molecule has 11 heteroatoms. The Morgan fingerprint density at radius 1 is 1.00 bits per heavy atom. The number of hydrogen-bond acceptors (Lipinski definition) is 8. The summed E-state index contributed by atoms with van der Waals surface area (Å²) in [7, 11) is 1.71. The van der Waals surface area contributed by atoms with E-state index in [-0.39, 0.29) is 12.3 Å². The number of amides is 3. The highest BCUT2D eigenvalue weighted by Crippen LogP contribution is 2.25. The molecular weight excluding hydrogens is 572 g/mol. The first-order valence-corrected chi connectivity index (χ1v) is 15.3. The lowest BCUT2D eigenvalue weighted by molar-refractivity contribution is -0.163. The number of rotatable bonds is 3. The molecule has 0 radical (unpaired) electrons. The van der Waals surface area contributed by atoms with Crippen molar-refractivity contribution < 1.29 is 23.9 Å². The lowest BCUT2D eigenvalue weighted by Gasteiger charge is -2.35. The molecule has 1 aromatic heterocycles. The summed E-state index contributed by atoms with van der Waals surface area (Å²) in [6.07, 6.45) is 4.29. The number of hydrazine groups is 2. The van der Waals surface area contributed by atoms with E-state index in [0.29, 0.717) is 37.1 Å². The Morgan fingerprint density at radius 3 is 2.53 bits per heavy atom. The molecular formula is C34H40N6O5. The van der Waals surface area contributed by atoms with Gasteiger partial charge in [0, 0.05) is 19.0 Å². The maximum absolute atomic E-state index is 13.5. The maximum Gasteiger partial charge on any atom is 0.316 e. The van der Waals surface area contributed by atoms with E-state index < -0.39 is 41.4 Å². The van der Waals surface area contributed by atoms with Crippen LogP contribution < -0.4 is 21.2 Å². The van der Waals surface area contributed by atoms with Gasteiger partial charge in [0.1, 0.15) is 17.9 Å². The lowest BCUT2D eigenvalue weighted by Crippen LogP contribution is -2.62. The number of nitrogens with zero attached hydrogens (tertiary/aromatic N) is 3. The molecule has 3 amide bonds. The SMILES string of the molecule is C[C@@H]1NC(=O)C(CCc2ccccc2)OC(=O)C(C)(C)/C=C/c2ccc3ccc(nc3c2)N(C)NC(=O)[C@@H]2CCCN(N2)C1=O. The third-order valence-electron chi connectivity index (χ3n) is 8.12. The smallest absolute Gasteiger partial charge is 0.316 e. The molecule has 2 aliphatic rings. The Hall–Kier alpha value is -4.77. The number of benzene rings is 2. The van der Waals surface area contributed by atoms with Crippen LogP contribution in [0.4, 0.5) is 5.82 Å². The number of carbonyl (C=O) groups is 4. The van der Waals surface area contributed by atoms with Crippen molar-refractivity contribution in [3.8, 4) is 0 Å². The third-order valence-corrected chi connectivity index (χ3v) is 8.12. The summed E-state index contributed by atoms with van der Waals surface area (Å²) < 4.78 is 5.85. The zero-order valence-corrected chi connectivity index (χ0v) is 26.1. The molecule has 1 saturated heterocycles. The van der Waals surface area contributed by atoms with Crippen molar-refractivity contribution >= 4 is 46.5 Å². The maximum atomic E-state index is 13.5. The fourth-order valence-electron chi connectivity index (χ4n) is 5.29. The van der Waals surface area contributed by atoms with Gasteiger partial charge in [0.15, 0.2) is 6.10 Å². The average Bonchev–Trinajstić information content (AvgIpc) is 3.04.